The maximum absolute atomic E-state index is 13.0. The molecule has 0 unspecified atom stereocenters. The molecule has 1 aliphatic rings. The lowest BCUT2D eigenvalue weighted by Gasteiger charge is -2.08. The molecule has 7 nitrogen and oxygen atoms in total. The summed E-state index contributed by atoms with van der Waals surface area (Å²) in [6.45, 7) is 0.484. The van der Waals surface area contributed by atoms with Crippen molar-refractivity contribution in [1.29, 1.82) is 0 Å². The van der Waals surface area contributed by atoms with E-state index >= 15 is 0 Å². The van der Waals surface area contributed by atoms with Crippen molar-refractivity contribution in [3.63, 3.8) is 0 Å². The van der Waals surface area contributed by atoms with E-state index in [1.54, 1.807) is 12.1 Å². The number of carboxylic acids is 1. The van der Waals surface area contributed by atoms with Crippen molar-refractivity contribution in [3.8, 4) is 17.2 Å². The van der Waals surface area contributed by atoms with Crippen molar-refractivity contribution >= 4 is 11.8 Å². The van der Waals surface area contributed by atoms with Crippen LogP contribution in [0.4, 0.5) is 0 Å². The van der Waals surface area contributed by atoms with Crippen molar-refractivity contribution < 1.29 is 23.8 Å². The number of hydrogen-bond donors (Lipinski definition) is 1. The van der Waals surface area contributed by atoms with Gasteiger partial charge in [0.25, 0.3) is 5.89 Å². The fraction of sp³-hybridized carbons (Fsp3) is 0.154. The molecule has 164 valence electrons. The van der Waals surface area contributed by atoms with Gasteiger partial charge in [0.1, 0.15) is 23.7 Å². The Bertz CT molecular complexity index is 1330. The standard InChI is InChI=1S/C26H20N2O5/c29-24(25-27-14-23(33-25)21-7-4-8-22(28-21)26(30)31)19-11-17-9-10-20(13-18(17)12-19)32-15-16-5-2-1-3-6-16/h1-10,13-14,19H,11-12,15H2,(H,30,31)/t19-/m1/s1. The number of carbonyl (C=O) groups is 2. The molecular weight excluding hydrogens is 420 g/mol. The van der Waals surface area contributed by atoms with Crippen LogP contribution < -0.4 is 4.74 Å². The highest BCUT2D eigenvalue weighted by atomic mass is 16.5. The van der Waals surface area contributed by atoms with Crippen molar-refractivity contribution in [3.05, 3.63) is 101 Å². The van der Waals surface area contributed by atoms with E-state index in [-0.39, 0.29) is 29.0 Å². The van der Waals surface area contributed by atoms with Gasteiger partial charge in [0, 0.05) is 5.92 Å². The topological polar surface area (TPSA) is 103 Å². The monoisotopic (exact) mass is 440 g/mol. The number of nitrogens with zero attached hydrogens (tertiary/aromatic N) is 2. The van der Waals surface area contributed by atoms with Crippen LogP contribution >= 0.6 is 0 Å². The van der Waals surface area contributed by atoms with Gasteiger partial charge in [0.15, 0.2) is 5.76 Å². The summed E-state index contributed by atoms with van der Waals surface area (Å²) in [4.78, 5) is 32.3. The summed E-state index contributed by atoms with van der Waals surface area (Å²) in [5, 5.41) is 9.12. The summed E-state index contributed by atoms with van der Waals surface area (Å²) < 4.78 is 11.6. The van der Waals surface area contributed by atoms with Crippen LogP contribution in [0.3, 0.4) is 0 Å². The Kier molecular flexibility index (Phi) is 5.44. The normalized spacial score (nSPS) is 14.6. The molecule has 0 bridgehead atoms. The molecule has 0 fully saturated rings. The van der Waals surface area contributed by atoms with Crippen LogP contribution in [0.25, 0.3) is 11.5 Å². The maximum atomic E-state index is 13.0. The second-order valence-corrected chi connectivity index (χ2v) is 7.92. The minimum absolute atomic E-state index is 0.00545. The molecule has 4 aromatic rings. The number of benzene rings is 2. The summed E-state index contributed by atoms with van der Waals surface area (Å²) in [6.07, 6.45) is 2.59. The van der Waals surface area contributed by atoms with Crippen LogP contribution in [-0.4, -0.2) is 26.8 Å². The first-order valence-electron chi connectivity index (χ1n) is 10.6. The van der Waals surface area contributed by atoms with Crippen molar-refractivity contribution in [2.45, 2.75) is 19.4 Å². The minimum atomic E-state index is -1.14. The highest BCUT2D eigenvalue weighted by molar-refractivity contribution is 5.95. The zero-order chi connectivity index (χ0) is 22.8. The number of aromatic carboxylic acids is 1. The largest absolute Gasteiger partial charge is 0.489 e. The van der Waals surface area contributed by atoms with Crippen molar-refractivity contribution in [1.82, 2.24) is 9.97 Å². The molecule has 0 saturated carbocycles. The van der Waals surface area contributed by atoms with Gasteiger partial charge in [-0.25, -0.2) is 14.8 Å². The second-order valence-electron chi connectivity index (χ2n) is 7.92. The van der Waals surface area contributed by atoms with Crippen molar-refractivity contribution in [2.24, 2.45) is 5.92 Å². The number of Topliss-reactive ketones (excluding diaryl/α,β-unsaturated/α-hetero) is 1. The van der Waals surface area contributed by atoms with Crippen LogP contribution in [0.15, 0.2) is 77.3 Å². The number of fused-ring (bicyclic) bond motifs is 1. The molecule has 1 aliphatic carbocycles. The number of carboxylic acid groups (broad SMARTS) is 1. The Balaban J connectivity index is 1.27. The van der Waals surface area contributed by atoms with E-state index in [0.29, 0.717) is 25.1 Å². The Morgan fingerprint density at radius 1 is 1.00 bits per heavy atom. The van der Waals surface area contributed by atoms with Gasteiger partial charge in [0.2, 0.25) is 5.78 Å². The number of oxazole rings is 1. The smallest absolute Gasteiger partial charge is 0.354 e. The van der Waals surface area contributed by atoms with Crippen LogP contribution in [0, 0.1) is 5.92 Å². The van der Waals surface area contributed by atoms with Gasteiger partial charge in [-0.2, -0.15) is 0 Å². The first-order chi connectivity index (χ1) is 16.1. The minimum Gasteiger partial charge on any atom is -0.489 e. The van der Waals surface area contributed by atoms with E-state index < -0.39 is 5.97 Å². The average molecular weight is 440 g/mol. The molecule has 0 aliphatic heterocycles. The second kappa shape index (κ2) is 8.70. The van der Waals surface area contributed by atoms with Crippen molar-refractivity contribution in [2.75, 3.05) is 0 Å². The van der Waals surface area contributed by atoms with E-state index in [1.165, 1.54) is 12.3 Å². The summed E-state index contributed by atoms with van der Waals surface area (Å²) in [5.74, 6) is -0.552. The lowest BCUT2D eigenvalue weighted by atomic mass is 10.0. The van der Waals surface area contributed by atoms with Gasteiger partial charge in [-0.15, -0.1) is 0 Å². The number of hydrogen-bond acceptors (Lipinski definition) is 6. The molecule has 0 amide bonds. The van der Waals surface area contributed by atoms with Gasteiger partial charge in [-0.1, -0.05) is 42.5 Å². The van der Waals surface area contributed by atoms with Gasteiger partial charge >= 0.3 is 5.97 Å². The Labute approximate surface area is 189 Å². The molecule has 2 aromatic heterocycles. The summed E-state index contributed by atoms with van der Waals surface area (Å²) in [6, 6.07) is 20.5. The Morgan fingerprint density at radius 3 is 2.64 bits per heavy atom. The molecule has 0 spiro atoms. The first kappa shape index (κ1) is 20.6. The molecule has 1 N–H and O–H groups in total. The first-order valence-corrected chi connectivity index (χ1v) is 10.6. The number of ketones is 1. The van der Waals surface area contributed by atoms with Gasteiger partial charge in [-0.3, -0.25) is 4.79 Å². The predicted octanol–water partition coefficient (Wildman–Crippen LogP) is 4.61. The molecule has 0 radical (unpaired) electrons. The predicted molar refractivity (Wildman–Crippen MR) is 119 cm³/mol. The SMILES string of the molecule is O=C(O)c1cccc(-c2cnc(C(=O)[C@@H]3Cc4ccc(OCc5ccccc5)cc4C3)o2)n1. The highest BCUT2D eigenvalue weighted by Gasteiger charge is 2.31. The molecule has 33 heavy (non-hydrogen) atoms. The number of carbonyl (C=O) groups excluding carboxylic acids is 1. The van der Waals surface area contributed by atoms with Gasteiger partial charge in [0.05, 0.1) is 6.20 Å². The fourth-order valence-electron chi connectivity index (χ4n) is 3.98. The lowest BCUT2D eigenvalue weighted by molar-refractivity contribution is 0.0690. The highest BCUT2D eigenvalue weighted by Crippen LogP contribution is 2.32. The summed E-state index contributed by atoms with van der Waals surface area (Å²) in [5.41, 5.74) is 3.50. The van der Waals surface area contributed by atoms with Gasteiger partial charge < -0.3 is 14.3 Å². The molecule has 5 rings (SSSR count). The van der Waals surface area contributed by atoms with Crippen LogP contribution in [0.1, 0.15) is 37.9 Å². The molecule has 0 saturated heterocycles. The van der Waals surface area contributed by atoms with E-state index in [2.05, 4.69) is 9.97 Å². The average Bonchev–Trinajstić information content (AvgIpc) is 3.50. The lowest BCUT2D eigenvalue weighted by Crippen LogP contribution is -2.15. The van der Waals surface area contributed by atoms with E-state index in [9.17, 15) is 9.59 Å². The van der Waals surface area contributed by atoms with E-state index in [1.807, 2.05) is 48.5 Å². The third kappa shape index (κ3) is 4.39. The Morgan fingerprint density at radius 2 is 1.82 bits per heavy atom. The van der Waals surface area contributed by atoms with Gasteiger partial charge in [-0.05, 0) is 53.8 Å². The number of aromatic nitrogens is 2. The summed E-state index contributed by atoms with van der Waals surface area (Å²) >= 11 is 0. The number of pyridine rings is 1. The number of ether oxygens (including phenoxy) is 1. The van der Waals surface area contributed by atoms with E-state index in [4.69, 9.17) is 14.3 Å². The molecular formula is C26H20N2O5. The number of rotatable bonds is 7. The van der Waals surface area contributed by atoms with Crippen LogP contribution in [0.2, 0.25) is 0 Å². The molecule has 1 atom stereocenters. The quantitative estimate of drug-likeness (QED) is 0.419. The van der Waals surface area contributed by atoms with E-state index in [0.717, 1.165) is 22.4 Å². The third-order valence-corrected chi connectivity index (χ3v) is 5.67. The maximum Gasteiger partial charge on any atom is 0.354 e. The molecule has 7 heteroatoms. The Hall–Kier alpha value is -4.26. The zero-order valence-corrected chi connectivity index (χ0v) is 17.6. The molecule has 2 heterocycles. The van der Waals surface area contributed by atoms with Crippen LogP contribution in [0.5, 0.6) is 5.75 Å². The molecule has 2 aromatic carbocycles. The summed E-state index contributed by atoms with van der Waals surface area (Å²) in [7, 11) is 0. The fourth-order valence-corrected chi connectivity index (χ4v) is 3.98. The zero-order valence-electron chi connectivity index (χ0n) is 17.6. The van der Waals surface area contributed by atoms with Crippen LogP contribution in [-0.2, 0) is 19.4 Å². The third-order valence-electron chi connectivity index (χ3n) is 5.67.